The van der Waals surface area contributed by atoms with Crippen LogP contribution in [0.2, 0.25) is 5.02 Å². The highest BCUT2D eigenvalue weighted by molar-refractivity contribution is 8.14. The minimum atomic E-state index is 0.162. The second-order valence-electron chi connectivity index (χ2n) is 5.45. The average Bonchev–Trinajstić information content (AvgIpc) is 3.17. The maximum absolute atomic E-state index is 6.42. The number of pyridine rings is 1. The number of amidine groups is 1. The Morgan fingerprint density at radius 2 is 1.96 bits per heavy atom. The van der Waals surface area contributed by atoms with E-state index >= 15 is 0 Å². The summed E-state index contributed by atoms with van der Waals surface area (Å²) in [5.41, 5.74) is 3.72. The van der Waals surface area contributed by atoms with Crippen LogP contribution in [0, 0.1) is 0 Å². The molecule has 0 saturated carbocycles. The maximum atomic E-state index is 6.42. The normalized spacial score (nSPS) is 14.3. The summed E-state index contributed by atoms with van der Waals surface area (Å²) >= 11 is 8.21. The third kappa shape index (κ3) is 5.48. The van der Waals surface area contributed by atoms with Crippen LogP contribution in [0.1, 0.15) is 43.5 Å². The molecule has 1 aliphatic heterocycles. The minimum absolute atomic E-state index is 0.162. The van der Waals surface area contributed by atoms with Crippen LogP contribution in [0.15, 0.2) is 47.7 Å². The molecular formula is C20H26ClN3S. The number of hydrogen-bond acceptors (Lipinski definition) is 4. The fourth-order valence-corrected chi connectivity index (χ4v) is 3.94. The van der Waals surface area contributed by atoms with E-state index < -0.39 is 0 Å². The third-order valence-corrected chi connectivity index (χ3v) is 5.22. The van der Waals surface area contributed by atoms with Crippen molar-refractivity contribution >= 4 is 28.5 Å². The van der Waals surface area contributed by atoms with Gasteiger partial charge in [-0.1, -0.05) is 56.3 Å². The lowest BCUT2D eigenvalue weighted by molar-refractivity contribution is 0.641. The SMILES string of the molecule is CC.CCc1c(Cl)cccc1C(Cc1ccncc1)NC1=NCCS1. The Bertz CT molecular complexity index is 689. The van der Waals surface area contributed by atoms with Crippen LogP contribution < -0.4 is 5.32 Å². The van der Waals surface area contributed by atoms with Gasteiger partial charge in [-0.25, -0.2) is 0 Å². The largest absolute Gasteiger partial charge is 0.358 e. The number of aromatic nitrogens is 1. The molecule has 2 heterocycles. The standard InChI is InChI=1S/C18H20ClN3S.C2H6/c1-2-14-15(4-3-5-16(14)19)17(22-18-21-10-11-23-18)12-13-6-8-20-9-7-13;1-2/h3-9,17H,2,10-12H2,1H3,(H,21,22);1-2H3. The molecule has 0 bridgehead atoms. The highest BCUT2D eigenvalue weighted by Gasteiger charge is 2.20. The second kappa shape index (κ2) is 10.5. The van der Waals surface area contributed by atoms with Gasteiger partial charge in [0.15, 0.2) is 5.17 Å². The molecule has 0 saturated heterocycles. The predicted molar refractivity (Wildman–Crippen MR) is 111 cm³/mol. The highest BCUT2D eigenvalue weighted by Crippen LogP contribution is 2.29. The Labute approximate surface area is 160 Å². The van der Waals surface area contributed by atoms with E-state index in [-0.39, 0.29) is 6.04 Å². The van der Waals surface area contributed by atoms with Crippen molar-refractivity contribution in [1.29, 1.82) is 0 Å². The number of hydrogen-bond donors (Lipinski definition) is 1. The van der Waals surface area contributed by atoms with E-state index in [0.717, 1.165) is 35.3 Å². The molecule has 3 rings (SSSR count). The van der Waals surface area contributed by atoms with Gasteiger partial charge in [0.1, 0.15) is 0 Å². The topological polar surface area (TPSA) is 37.3 Å². The molecule has 0 fully saturated rings. The first-order chi connectivity index (χ1) is 12.3. The van der Waals surface area contributed by atoms with E-state index in [2.05, 4.69) is 40.4 Å². The lowest BCUT2D eigenvalue weighted by Crippen LogP contribution is -2.28. The number of nitrogens with one attached hydrogen (secondary N) is 1. The van der Waals surface area contributed by atoms with E-state index in [1.54, 1.807) is 11.8 Å². The van der Waals surface area contributed by atoms with Crippen LogP contribution in [0.4, 0.5) is 0 Å². The molecule has 1 atom stereocenters. The number of thioether (sulfide) groups is 1. The van der Waals surface area contributed by atoms with Crippen molar-refractivity contribution in [2.45, 2.75) is 39.7 Å². The minimum Gasteiger partial charge on any atom is -0.358 e. The molecule has 3 nitrogen and oxygen atoms in total. The molecule has 1 unspecified atom stereocenters. The molecule has 134 valence electrons. The zero-order chi connectivity index (χ0) is 18.1. The number of benzene rings is 1. The quantitative estimate of drug-likeness (QED) is 0.770. The van der Waals surface area contributed by atoms with Gasteiger partial charge in [-0.15, -0.1) is 0 Å². The lowest BCUT2D eigenvalue weighted by Gasteiger charge is -2.23. The predicted octanol–water partition coefficient (Wildman–Crippen LogP) is 5.30. The Kier molecular flexibility index (Phi) is 8.29. The first-order valence-corrected chi connectivity index (χ1v) is 10.2. The summed E-state index contributed by atoms with van der Waals surface area (Å²) in [5.74, 6) is 1.06. The summed E-state index contributed by atoms with van der Waals surface area (Å²) in [5, 5.41) is 5.49. The summed E-state index contributed by atoms with van der Waals surface area (Å²) in [4.78, 5) is 8.65. The van der Waals surface area contributed by atoms with Gasteiger partial charge in [0, 0.05) is 23.2 Å². The van der Waals surface area contributed by atoms with Crippen molar-refractivity contribution in [3.05, 3.63) is 64.4 Å². The number of halogens is 1. The third-order valence-electron chi connectivity index (χ3n) is 3.96. The van der Waals surface area contributed by atoms with Crippen molar-refractivity contribution in [1.82, 2.24) is 10.3 Å². The Balaban J connectivity index is 0.00000109. The summed E-state index contributed by atoms with van der Waals surface area (Å²) in [6, 6.07) is 10.5. The van der Waals surface area contributed by atoms with Gasteiger partial charge >= 0.3 is 0 Å². The Morgan fingerprint density at radius 1 is 1.20 bits per heavy atom. The molecular weight excluding hydrogens is 350 g/mol. The van der Waals surface area contributed by atoms with E-state index in [4.69, 9.17) is 11.6 Å². The molecule has 2 aromatic rings. The van der Waals surface area contributed by atoms with Crippen molar-refractivity contribution in [3.8, 4) is 0 Å². The van der Waals surface area contributed by atoms with Gasteiger partial charge < -0.3 is 5.32 Å². The van der Waals surface area contributed by atoms with Crippen LogP contribution in [-0.2, 0) is 12.8 Å². The molecule has 0 spiro atoms. The van der Waals surface area contributed by atoms with Crippen molar-refractivity contribution < 1.29 is 0 Å². The fourth-order valence-electron chi connectivity index (χ4n) is 2.84. The molecule has 25 heavy (non-hydrogen) atoms. The van der Waals surface area contributed by atoms with Gasteiger partial charge in [-0.05, 0) is 47.7 Å². The number of aliphatic imine (C=N–C) groups is 1. The number of rotatable bonds is 5. The molecule has 1 aromatic heterocycles. The molecule has 0 aliphatic carbocycles. The summed E-state index contributed by atoms with van der Waals surface area (Å²) < 4.78 is 0. The molecule has 1 N–H and O–H groups in total. The Hall–Kier alpha value is -1.52. The smallest absolute Gasteiger partial charge is 0.157 e. The molecule has 5 heteroatoms. The monoisotopic (exact) mass is 375 g/mol. The van der Waals surface area contributed by atoms with Crippen LogP contribution in [0.25, 0.3) is 0 Å². The molecule has 1 aromatic carbocycles. The summed E-state index contributed by atoms with van der Waals surface area (Å²) in [6.07, 6.45) is 5.48. The maximum Gasteiger partial charge on any atom is 0.157 e. The first kappa shape index (κ1) is 19.8. The first-order valence-electron chi connectivity index (χ1n) is 8.88. The fraction of sp³-hybridized carbons (Fsp3) is 0.400. The van der Waals surface area contributed by atoms with Gasteiger partial charge in [0.2, 0.25) is 0 Å². The van der Waals surface area contributed by atoms with E-state index in [1.165, 1.54) is 16.7 Å². The van der Waals surface area contributed by atoms with Gasteiger partial charge in [0.05, 0.1) is 12.6 Å². The Morgan fingerprint density at radius 3 is 2.60 bits per heavy atom. The summed E-state index contributed by atoms with van der Waals surface area (Å²) in [7, 11) is 0. The van der Waals surface area contributed by atoms with E-state index in [9.17, 15) is 0 Å². The summed E-state index contributed by atoms with van der Waals surface area (Å²) in [6.45, 7) is 7.04. The number of nitrogens with zero attached hydrogens (tertiary/aromatic N) is 2. The van der Waals surface area contributed by atoms with Crippen LogP contribution in [-0.4, -0.2) is 22.4 Å². The zero-order valence-electron chi connectivity index (χ0n) is 15.1. The van der Waals surface area contributed by atoms with Crippen molar-refractivity contribution in [2.24, 2.45) is 4.99 Å². The molecule has 0 amide bonds. The molecule has 0 radical (unpaired) electrons. The lowest BCUT2D eigenvalue weighted by atomic mass is 9.94. The van der Waals surface area contributed by atoms with Crippen LogP contribution in [0.5, 0.6) is 0 Å². The van der Waals surface area contributed by atoms with Gasteiger partial charge in [-0.2, -0.15) is 0 Å². The van der Waals surface area contributed by atoms with Gasteiger partial charge in [0.25, 0.3) is 0 Å². The van der Waals surface area contributed by atoms with Crippen molar-refractivity contribution in [2.75, 3.05) is 12.3 Å². The molecule has 1 aliphatic rings. The zero-order valence-corrected chi connectivity index (χ0v) is 16.7. The highest BCUT2D eigenvalue weighted by atomic mass is 35.5. The average molecular weight is 376 g/mol. The van der Waals surface area contributed by atoms with Crippen molar-refractivity contribution in [3.63, 3.8) is 0 Å². The van der Waals surface area contributed by atoms with E-state index in [0.29, 0.717) is 0 Å². The van der Waals surface area contributed by atoms with Gasteiger partial charge in [-0.3, -0.25) is 9.98 Å². The van der Waals surface area contributed by atoms with Crippen LogP contribution in [0.3, 0.4) is 0 Å². The van der Waals surface area contributed by atoms with Crippen LogP contribution >= 0.6 is 23.4 Å². The second-order valence-corrected chi connectivity index (χ2v) is 6.94. The van der Waals surface area contributed by atoms with E-state index in [1.807, 2.05) is 38.4 Å².